The lowest BCUT2D eigenvalue weighted by Gasteiger charge is -2.15. The van der Waals surface area contributed by atoms with Gasteiger partial charge in [-0.25, -0.2) is 0 Å². The first-order valence-corrected chi connectivity index (χ1v) is 7.75. The van der Waals surface area contributed by atoms with Crippen LogP contribution in [0.3, 0.4) is 0 Å². The topological polar surface area (TPSA) is 58.5 Å². The minimum atomic E-state index is 0.493. The van der Waals surface area contributed by atoms with Gasteiger partial charge in [-0.3, -0.25) is 9.80 Å². The van der Waals surface area contributed by atoms with Crippen LogP contribution in [0.1, 0.15) is 38.5 Å². The Bertz CT molecular complexity index is 255. The molecule has 0 amide bonds. The molecule has 0 aromatic heterocycles. The fraction of sp³-hybridized carbons (Fsp3) is 1.00. The van der Waals surface area contributed by atoms with E-state index in [4.69, 9.17) is 11.5 Å². The molecule has 0 unspecified atom stereocenters. The Morgan fingerprint density at radius 3 is 1.44 bits per heavy atom. The molecule has 0 bridgehead atoms. The van der Waals surface area contributed by atoms with Crippen molar-refractivity contribution in [3.8, 4) is 0 Å². The first-order chi connectivity index (χ1) is 8.75. The van der Waals surface area contributed by atoms with Gasteiger partial charge in [0.25, 0.3) is 0 Å². The Labute approximate surface area is 111 Å². The lowest BCUT2D eigenvalue weighted by atomic mass is 10.1. The van der Waals surface area contributed by atoms with Crippen molar-refractivity contribution in [1.29, 1.82) is 0 Å². The average Bonchev–Trinajstić information content (AvgIpc) is 3.06. The van der Waals surface area contributed by atoms with Gasteiger partial charge in [-0.15, -0.1) is 0 Å². The molecule has 4 aliphatic rings. The molecule has 0 spiro atoms. The summed E-state index contributed by atoms with van der Waals surface area (Å²) < 4.78 is 0. The van der Waals surface area contributed by atoms with Crippen molar-refractivity contribution in [3.63, 3.8) is 0 Å². The van der Waals surface area contributed by atoms with Crippen LogP contribution in [-0.2, 0) is 0 Å². The Morgan fingerprint density at radius 2 is 1.06 bits per heavy atom. The molecule has 0 aromatic rings. The Balaban J connectivity index is 0.000000111. The zero-order valence-corrected chi connectivity index (χ0v) is 11.4. The molecular formula is C14H28N4. The van der Waals surface area contributed by atoms with Gasteiger partial charge in [-0.2, -0.15) is 0 Å². The summed E-state index contributed by atoms with van der Waals surface area (Å²) >= 11 is 0. The molecule has 4 saturated heterocycles. The largest absolute Gasteiger partial charge is 0.326 e. The molecule has 4 N–H and O–H groups in total. The number of nitrogens with two attached hydrogens (primary N) is 2. The normalized spacial score (nSPS) is 43.7. The SMILES string of the molecule is N[C@@H]1CCN2CCC[C@H]12.N[C@H]1CCN2CCC[C@H]12. The van der Waals surface area contributed by atoms with Crippen LogP contribution in [0.4, 0.5) is 0 Å². The minimum absolute atomic E-state index is 0.493. The quantitative estimate of drug-likeness (QED) is 0.654. The first-order valence-electron chi connectivity index (χ1n) is 7.75. The summed E-state index contributed by atoms with van der Waals surface area (Å²) in [4.78, 5) is 5.06. The molecule has 4 rings (SSSR count). The summed E-state index contributed by atoms with van der Waals surface area (Å²) in [6, 6.07) is 2.50. The molecule has 4 nitrogen and oxygen atoms in total. The molecule has 0 radical (unpaired) electrons. The summed E-state index contributed by atoms with van der Waals surface area (Å²) in [7, 11) is 0. The van der Waals surface area contributed by atoms with Gasteiger partial charge < -0.3 is 11.5 Å². The summed E-state index contributed by atoms with van der Waals surface area (Å²) in [6.45, 7) is 5.12. The van der Waals surface area contributed by atoms with Crippen molar-refractivity contribution in [2.75, 3.05) is 26.2 Å². The van der Waals surface area contributed by atoms with E-state index in [0.29, 0.717) is 12.1 Å². The maximum absolute atomic E-state index is 5.88. The summed E-state index contributed by atoms with van der Waals surface area (Å²) in [5, 5.41) is 0. The van der Waals surface area contributed by atoms with Gasteiger partial charge in [0.1, 0.15) is 0 Å². The fourth-order valence-electron chi connectivity index (χ4n) is 4.24. The Morgan fingerprint density at radius 1 is 0.611 bits per heavy atom. The summed E-state index contributed by atoms with van der Waals surface area (Å²) in [6.07, 6.45) is 7.90. The third-order valence-electron chi connectivity index (χ3n) is 5.32. The van der Waals surface area contributed by atoms with Gasteiger partial charge in [0.15, 0.2) is 0 Å². The van der Waals surface area contributed by atoms with Crippen molar-refractivity contribution >= 4 is 0 Å². The lowest BCUT2D eigenvalue weighted by molar-refractivity contribution is 0.314. The average molecular weight is 252 g/mol. The number of nitrogens with zero attached hydrogens (tertiary/aromatic N) is 2. The van der Waals surface area contributed by atoms with Gasteiger partial charge in [0, 0.05) is 37.3 Å². The standard InChI is InChI=1S/2C7H14N2/c2*8-6-3-5-9-4-1-2-7(6)9/h2*6-7H,1-5,8H2/t6-,7+;6-,7-/m01/s1. The predicted octanol–water partition coefficient (Wildman–Crippen LogP) is 0.364. The third kappa shape index (κ3) is 2.44. The highest BCUT2D eigenvalue weighted by molar-refractivity contribution is 4.94. The van der Waals surface area contributed by atoms with E-state index >= 15 is 0 Å². The molecule has 4 heteroatoms. The second-order valence-electron chi connectivity index (χ2n) is 6.40. The molecule has 4 atom stereocenters. The highest BCUT2D eigenvalue weighted by atomic mass is 15.2. The van der Waals surface area contributed by atoms with Crippen molar-refractivity contribution in [1.82, 2.24) is 9.80 Å². The number of fused-ring (bicyclic) bond motifs is 2. The minimum Gasteiger partial charge on any atom is -0.326 e. The van der Waals surface area contributed by atoms with E-state index in [1.54, 1.807) is 0 Å². The van der Waals surface area contributed by atoms with Crippen LogP contribution in [0.15, 0.2) is 0 Å². The van der Waals surface area contributed by atoms with Crippen LogP contribution >= 0.6 is 0 Å². The highest BCUT2D eigenvalue weighted by Crippen LogP contribution is 2.26. The van der Waals surface area contributed by atoms with Gasteiger partial charge in [0.2, 0.25) is 0 Å². The van der Waals surface area contributed by atoms with Crippen LogP contribution < -0.4 is 11.5 Å². The van der Waals surface area contributed by atoms with Crippen LogP contribution in [-0.4, -0.2) is 60.1 Å². The number of rotatable bonds is 0. The van der Waals surface area contributed by atoms with Crippen molar-refractivity contribution < 1.29 is 0 Å². The van der Waals surface area contributed by atoms with Gasteiger partial charge in [-0.1, -0.05) is 0 Å². The molecule has 18 heavy (non-hydrogen) atoms. The van der Waals surface area contributed by atoms with E-state index in [1.165, 1.54) is 64.7 Å². The summed E-state index contributed by atoms with van der Waals surface area (Å²) in [5.41, 5.74) is 11.8. The number of hydrogen-bond donors (Lipinski definition) is 2. The lowest BCUT2D eigenvalue weighted by Crippen LogP contribution is -2.34. The molecule has 4 fully saturated rings. The zero-order chi connectivity index (χ0) is 12.5. The van der Waals surface area contributed by atoms with Gasteiger partial charge in [0.05, 0.1) is 0 Å². The Hall–Kier alpha value is -0.160. The van der Waals surface area contributed by atoms with Crippen LogP contribution in [0.5, 0.6) is 0 Å². The van der Waals surface area contributed by atoms with E-state index in [0.717, 1.165) is 12.1 Å². The van der Waals surface area contributed by atoms with Crippen molar-refractivity contribution in [2.24, 2.45) is 11.5 Å². The number of hydrogen-bond acceptors (Lipinski definition) is 4. The van der Waals surface area contributed by atoms with Gasteiger partial charge >= 0.3 is 0 Å². The van der Waals surface area contributed by atoms with E-state index in [-0.39, 0.29) is 0 Å². The molecular weight excluding hydrogens is 224 g/mol. The van der Waals surface area contributed by atoms with E-state index < -0.39 is 0 Å². The molecule has 0 aliphatic carbocycles. The Kier molecular flexibility index (Phi) is 3.89. The third-order valence-corrected chi connectivity index (χ3v) is 5.32. The second kappa shape index (κ2) is 5.45. The smallest absolute Gasteiger partial charge is 0.0248 e. The monoisotopic (exact) mass is 252 g/mol. The second-order valence-corrected chi connectivity index (χ2v) is 6.40. The van der Waals surface area contributed by atoms with Crippen LogP contribution in [0, 0.1) is 0 Å². The van der Waals surface area contributed by atoms with E-state index in [2.05, 4.69) is 9.80 Å². The zero-order valence-electron chi connectivity index (χ0n) is 11.4. The van der Waals surface area contributed by atoms with Gasteiger partial charge in [-0.05, 0) is 51.6 Å². The van der Waals surface area contributed by atoms with E-state index in [9.17, 15) is 0 Å². The predicted molar refractivity (Wildman–Crippen MR) is 74.4 cm³/mol. The van der Waals surface area contributed by atoms with Crippen LogP contribution in [0.2, 0.25) is 0 Å². The highest BCUT2D eigenvalue weighted by Gasteiger charge is 2.35. The van der Waals surface area contributed by atoms with Crippen molar-refractivity contribution in [3.05, 3.63) is 0 Å². The molecule has 104 valence electrons. The van der Waals surface area contributed by atoms with Crippen molar-refractivity contribution in [2.45, 2.75) is 62.7 Å². The molecule has 0 saturated carbocycles. The fourth-order valence-corrected chi connectivity index (χ4v) is 4.24. The maximum Gasteiger partial charge on any atom is 0.0248 e. The van der Waals surface area contributed by atoms with Crippen LogP contribution in [0.25, 0.3) is 0 Å². The summed E-state index contributed by atoms with van der Waals surface area (Å²) in [5.74, 6) is 0. The maximum atomic E-state index is 5.88. The van der Waals surface area contributed by atoms with E-state index in [1.807, 2.05) is 0 Å². The molecule has 4 heterocycles. The molecule has 4 aliphatic heterocycles. The first kappa shape index (κ1) is 12.9. The molecule has 0 aromatic carbocycles.